The van der Waals surface area contributed by atoms with E-state index in [-0.39, 0.29) is 5.91 Å². The Bertz CT molecular complexity index is 886. The highest BCUT2D eigenvalue weighted by Crippen LogP contribution is 2.19. The Morgan fingerprint density at radius 3 is 2.11 bits per heavy atom. The van der Waals surface area contributed by atoms with Gasteiger partial charge in [0.1, 0.15) is 0 Å². The van der Waals surface area contributed by atoms with Crippen LogP contribution in [0, 0.1) is 6.92 Å². The Hall–Kier alpha value is -1.83. The van der Waals surface area contributed by atoms with Crippen molar-refractivity contribution in [1.82, 2.24) is 9.21 Å². The number of hydrogen-bond acceptors (Lipinski definition) is 4. The molecular formula is C20H24N2O3S2. The molecule has 7 heteroatoms. The summed E-state index contributed by atoms with van der Waals surface area (Å²) in [4.78, 5) is 14.7. The first-order chi connectivity index (χ1) is 12.9. The maximum absolute atomic E-state index is 12.8. The Labute approximate surface area is 165 Å². The molecule has 0 bridgehead atoms. The van der Waals surface area contributed by atoms with Crippen LogP contribution in [0.1, 0.15) is 21.5 Å². The lowest BCUT2D eigenvalue weighted by Crippen LogP contribution is -2.50. The van der Waals surface area contributed by atoms with E-state index < -0.39 is 10.0 Å². The molecule has 1 aliphatic heterocycles. The molecule has 0 aliphatic carbocycles. The molecule has 2 aromatic rings. The summed E-state index contributed by atoms with van der Waals surface area (Å²) < 4.78 is 27.0. The molecule has 1 aliphatic rings. The van der Waals surface area contributed by atoms with Gasteiger partial charge in [-0.25, -0.2) is 8.42 Å². The number of piperazine rings is 1. The minimum Gasteiger partial charge on any atom is -0.336 e. The Morgan fingerprint density at radius 2 is 1.56 bits per heavy atom. The zero-order valence-electron chi connectivity index (χ0n) is 15.6. The summed E-state index contributed by atoms with van der Waals surface area (Å²) >= 11 is 1.74. The molecule has 0 radical (unpaired) electrons. The molecule has 1 fully saturated rings. The molecule has 27 heavy (non-hydrogen) atoms. The van der Waals surface area contributed by atoms with Crippen molar-refractivity contribution < 1.29 is 13.2 Å². The van der Waals surface area contributed by atoms with Gasteiger partial charge in [-0.3, -0.25) is 4.79 Å². The number of aryl methyl sites for hydroxylation is 1. The third-order valence-corrected chi connectivity index (χ3v) is 7.23. The first kappa shape index (κ1) is 19.9. The van der Waals surface area contributed by atoms with Gasteiger partial charge in [0.05, 0.1) is 4.90 Å². The topological polar surface area (TPSA) is 57.7 Å². The van der Waals surface area contributed by atoms with Gasteiger partial charge in [0.25, 0.3) is 5.91 Å². The number of thioether (sulfide) groups is 1. The molecule has 3 rings (SSSR count). The summed E-state index contributed by atoms with van der Waals surface area (Å²) in [6, 6.07) is 14.5. The van der Waals surface area contributed by atoms with Crippen molar-refractivity contribution in [2.24, 2.45) is 0 Å². The predicted octanol–water partition coefficient (Wildman–Crippen LogP) is 3.00. The van der Waals surface area contributed by atoms with Crippen molar-refractivity contribution >= 4 is 27.7 Å². The van der Waals surface area contributed by atoms with E-state index in [9.17, 15) is 13.2 Å². The van der Waals surface area contributed by atoms with Gasteiger partial charge >= 0.3 is 0 Å². The molecule has 1 amide bonds. The van der Waals surface area contributed by atoms with E-state index in [1.165, 1.54) is 9.87 Å². The number of sulfonamides is 1. The van der Waals surface area contributed by atoms with Gasteiger partial charge in [-0.1, -0.05) is 29.8 Å². The van der Waals surface area contributed by atoms with Gasteiger partial charge in [-0.05, 0) is 43.0 Å². The van der Waals surface area contributed by atoms with E-state index in [0.29, 0.717) is 36.6 Å². The highest BCUT2D eigenvalue weighted by Gasteiger charge is 2.30. The molecule has 144 valence electrons. The fraction of sp³-hybridized carbons (Fsp3) is 0.350. The van der Waals surface area contributed by atoms with Crippen molar-refractivity contribution in [3.8, 4) is 0 Å². The molecule has 0 unspecified atom stereocenters. The maximum Gasteiger partial charge on any atom is 0.253 e. The van der Waals surface area contributed by atoms with Crippen molar-refractivity contribution in [2.75, 3.05) is 32.4 Å². The van der Waals surface area contributed by atoms with E-state index in [4.69, 9.17) is 0 Å². The minimum absolute atomic E-state index is 0.0434. The van der Waals surface area contributed by atoms with Gasteiger partial charge in [-0.15, -0.1) is 0 Å². The standard InChI is InChI=1S/C20H24N2O3S2/c1-16-3-9-19(10-4-16)27(24,25)22-13-11-21(12-14-22)20(23)18-7-5-17(6-8-18)15-26-2/h3-10H,11-15H2,1-2H3. The monoisotopic (exact) mass is 404 g/mol. The van der Waals surface area contributed by atoms with Crippen LogP contribution in [0.3, 0.4) is 0 Å². The highest BCUT2D eigenvalue weighted by molar-refractivity contribution is 7.97. The van der Waals surface area contributed by atoms with Gasteiger partial charge in [-0.2, -0.15) is 16.1 Å². The number of amides is 1. The zero-order chi connectivity index (χ0) is 19.4. The summed E-state index contributed by atoms with van der Waals surface area (Å²) in [6.07, 6.45) is 2.04. The third kappa shape index (κ3) is 4.54. The Balaban J connectivity index is 1.64. The molecular weight excluding hydrogens is 380 g/mol. The Morgan fingerprint density at radius 1 is 0.963 bits per heavy atom. The smallest absolute Gasteiger partial charge is 0.253 e. The summed E-state index contributed by atoms with van der Waals surface area (Å²) in [5.74, 6) is 0.877. The van der Waals surface area contributed by atoms with Gasteiger partial charge in [0, 0.05) is 37.5 Å². The van der Waals surface area contributed by atoms with E-state index in [1.54, 1.807) is 40.9 Å². The lowest BCUT2D eigenvalue weighted by molar-refractivity contribution is 0.0698. The van der Waals surface area contributed by atoms with Crippen LogP contribution in [0.15, 0.2) is 53.4 Å². The number of benzene rings is 2. The molecule has 2 aromatic carbocycles. The summed E-state index contributed by atoms with van der Waals surface area (Å²) in [5.41, 5.74) is 2.86. The van der Waals surface area contributed by atoms with Gasteiger partial charge < -0.3 is 4.90 Å². The molecule has 0 N–H and O–H groups in total. The molecule has 1 heterocycles. The quantitative estimate of drug-likeness (QED) is 0.769. The van der Waals surface area contributed by atoms with Crippen LogP contribution in [-0.4, -0.2) is 56.0 Å². The number of hydrogen-bond donors (Lipinski definition) is 0. The fourth-order valence-electron chi connectivity index (χ4n) is 3.08. The van der Waals surface area contributed by atoms with Crippen LogP contribution < -0.4 is 0 Å². The lowest BCUT2D eigenvalue weighted by atomic mass is 10.1. The fourth-order valence-corrected chi connectivity index (χ4v) is 5.03. The van der Waals surface area contributed by atoms with Gasteiger partial charge in [0.2, 0.25) is 10.0 Å². The number of carbonyl (C=O) groups is 1. The summed E-state index contributed by atoms with van der Waals surface area (Å²) in [6.45, 7) is 3.35. The van der Waals surface area contributed by atoms with Crippen LogP contribution in [0.25, 0.3) is 0 Å². The van der Waals surface area contributed by atoms with E-state index in [1.807, 2.05) is 37.4 Å². The lowest BCUT2D eigenvalue weighted by Gasteiger charge is -2.34. The second-order valence-electron chi connectivity index (χ2n) is 6.64. The van der Waals surface area contributed by atoms with Crippen LogP contribution in [0.4, 0.5) is 0 Å². The van der Waals surface area contributed by atoms with Crippen molar-refractivity contribution in [1.29, 1.82) is 0 Å². The highest BCUT2D eigenvalue weighted by atomic mass is 32.2. The van der Waals surface area contributed by atoms with Gasteiger partial charge in [0.15, 0.2) is 0 Å². The van der Waals surface area contributed by atoms with Crippen LogP contribution >= 0.6 is 11.8 Å². The molecule has 0 aromatic heterocycles. The second kappa shape index (κ2) is 8.46. The second-order valence-corrected chi connectivity index (χ2v) is 9.44. The maximum atomic E-state index is 12.8. The largest absolute Gasteiger partial charge is 0.336 e. The number of rotatable bonds is 5. The van der Waals surface area contributed by atoms with Crippen molar-refractivity contribution in [3.05, 3.63) is 65.2 Å². The summed E-state index contributed by atoms with van der Waals surface area (Å²) in [5, 5.41) is 0. The van der Waals surface area contributed by atoms with E-state index in [0.717, 1.165) is 11.3 Å². The normalized spacial score (nSPS) is 15.7. The first-order valence-electron chi connectivity index (χ1n) is 8.86. The average molecular weight is 405 g/mol. The van der Waals surface area contributed by atoms with Crippen molar-refractivity contribution in [3.63, 3.8) is 0 Å². The van der Waals surface area contributed by atoms with Crippen LogP contribution in [0.2, 0.25) is 0 Å². The average Bonchev–Trinajstić information content (AvgIpc) is 2.69. The predicted molar refractivity (Wildman–Crippen MR) is 110 cm³/mol. The number of carbonyl (C=O) groups excluding carboxylic acids is 1. The number of nitrogens with zero attached hydrogens (tertiary/aromatic N) is 2. The molecule has 0 spiro atoms. The SMILES string of the molecule is CSCc1ccc(C(=O)N2CCN(S(=O)(=O)c3ccc(C)cc3)CC2)cc1. The summed E-state index contributed by atoms with van der Waals surface area (Å²) in [7, 11) is -3.51. The molecule has 5 nitrogen and oxygen atoms in total. The van der Waals surface area contributed by atoms with E-state index >= 15 is 0 Å². The zero-order valence-corrected chi connectivity index (χ0v) is 17.2. The Kier molecular flexibility index (Phi) is 6.24. The third-order valence-electron chi connectivity index (χ3n) is 4.70. The molecule has 1 saturated heterocycles. The molecule has 0 saturated carbocycles. The van der Waals surface area contributed by atoms with Crippen LogP contribution in [0.5, 0.6) is 0 Å². The van der Waals surface area contributed by atoms with E-state index in [2.05, 4.69) is 0 Å². The minimum atomic E-state index is -3.51. The van der Waals surface area contributed by atoms with Crippen LogP contribution in [-0.2, 0) is 15.8 Å². The first-order valence-corrected chi connectivity index (χ1v) is 11.7. The van der Waals surface area contributed by atoms with Crippen molar-refractivity contribution in [2.45, 2.75) is 17.6 Å². The molecule has 0 atom stereocenters.